The van der Waals surface area contributed by atoms with Crippen LogP contribution in [-0.4, -0.2) is 38.6 Å². The van der Waals surface area contributed by atoms with E-state index in [4.69, 9.17) is 4.74 Å². The molecule has 186 valence electrons. The van der Waals surface area contributed by atoms with Gasteiger partial charge < -0.3 is 9.84 Å². The summed E-state index contributed by atoms with van der Waals surface area (Å²) < 4.78 is 47.1. The summed E-state index contributed by atoms with van der Waals surface area (Å²) in [5, 5.41) is 10.5. The molecule has 2 aromatic carbocycles. The van der Waals surface area contributed by atoms with Gasteiger partial charge in [-0.05, 0) is 25.1 Å². The Bertz CT molecular complexity index is 1540. The predicted molar refractivity (Wildman–Crippen MR) is 133 cm³/mol. The molecular formula is C23H24F3N3O4SSi. The molecule has 7 nitrogen and oxygen atoms in total. The maximum absolute atomic E-state index is 13.6. The van der Waals surface area contributed by atoms with Crippen molar-refractivity contribution in [3.8, 4) is 17.0 Å². The second-order valence-electron chi connectivity index (χ2n) is 9.37. The number of phenols is 1. The van der Waals surface area contributed by atoms with Crippen LogP contribution in [0.5, 0.6) is 5.75 Å². The maximum atomic E-state index is 13.6. The van der Waals surface area contributed by atoms with Crippen molar-refractivity contribution in [2.75, 3.05) is 0 Å². The van der Waals surface area contributed by atoms with Crippen molar-refractivity contribution in [1.29, 1.82) is 0 Å². The lowest BCUT2D eigenvalue weighted by molar-refractivity contribution is -0.139. The number of benzene rings is 2. The molecule has 0 amide bonds. The van der Waals surface area contributed by atoms with Gasteiger partial charge in [0.2, 0.25) is 0 Å². The van der Waals surface area contributed by atoms with Crippen LogP contribution in [0, 0.1) is 0 Å². The topological polar surface area (TPSA) is 86.4 Å². The number of ether oxygens (including phenoxy) is 1. The van der Waals surface area contributed by atoms with Crippen LogP contribution in [0.25, 0.3) is 32.4 Å². The van der Waals surface area contributed by atoms with E-state index in [2.05, 4.69) is 24.6 Å². The van der Waals surface area contributed by atoms with Gasteiger partial charge in [-0.2, -0.15) is 13.2 Å². The van der Waals surface area contributed by atoms with Crippen molar-refractivity contribution in [2.45, 2.75) is 51.7 Å². The summed E-state index contributed by atoms with van der Waals surface area (Å²) in [5.41, 5.74) is -0.783. The number of alkyl halides is 3. The highest BCUT2D eigenvalue weighted by Crippen LogP contribution is 2.31. The minimum absolute atomic E-state index is 0.0606. The number of fused-ring (bicyclic) bond motifs is 2. The molecule has 1 N–H and O–H groups in total. The maximum Gasteiger partial charge on any atom is 0.407 e. The lowest BCUT2D eigenvalue weighted by Crippen LogP contribution is -2.39. The average Bonchev–Trinajstić information content (AvgIpc) is 3.06. The highest BCUT2D eigenvalue weighted by molar-refractivity contribution is 7.14. The van der Waals surface area contributed by atoms with E-state index in [9.17, 15) is 27.9 Å². The second kappa shape index (κ2) is 8.92. The lowest BCUT2D eigenvalue weighted by Gasteiger charge is -2.26. The molecule has 4 rings (SSSR count). The van der Waals surface area contributed by atoms with Gasteiger partial charge >= 0.3 is 6.18 Å². The van der Waals surface area contributed by atoms with E-state index in [1.807, 2.05) is 6.92 Å². The van der Waals surface area contributed by atoms with Crippen LogP contribution in [0.15, 0.2) is 46.0 Å². The molecule has 1 unspecified atom stereocenters. The first-order chi connectivity index (χ1) is 16.3. The fraction of sp³-hybridized carbons (Fsp3) is 0.348. The smallest absolute Gasteiger partial charge is 0.407 e. The molecule has 0 aliphatic rings. The van der Waals surface area contributed by atoms with Crippen LogP contribution in [0.3, 0.4) is 0 Å². The Kier molecular flexibility index (Phi) is 6.41. The summed E-state index contributed by atoms with van der Waals surface area (Å²) >= 11 is 0.626. The zero-order valence-corrected chi connectivity index (χ0v) is 21.3. The van der Waals surface area contributed by atoms with Gasteiger partial charge in [0.1, 0.15) is 30.2 Å². The molecule has 2 heterocycles. The molecular weight excluding hydrogens is 499 g/mol. The van der Waals surface area contributed by atoms with Gasteiger partial charge in [0.25, 0.3) is 11.1 Å². The first kappa shape index (κ1) is 25.1. The van der Waals surface area contributed by atoms with E-state index in [-0.39, 0.29) is 45.1 Å². The molecule has 1 atom stereocenters. The van der Waals surface area contributed by atoms with Gasteiger partial charge in [0, 0.05) is 11.3 Å². The molecule has 0 radical (unpaired) electrons. The number of rotatable bonds is 6. The zero-order valence-electron chi connectivity index (χ0n) is 19.5. The Labute approximate surface area is 203 Å². The van der Waals surface area contributed by atoms with E-state index < -0.39 is 31.9 Å². The number of aromatic hydroxyl groups is 1. The van der Waals surface area contributed by atoms with Gasteiger partial charge in [-0.1, -0.05) is 49.4 Å². The number of para-hydroxylation sites is 1. The number of aromatic nitrogens is 3. The van der Waals surface area contributed by atoms with Crippen LogP contribution >= 0.6 is 11.5 Å². The number of halogens is 3. The van der Waals surface area contributed by atoms with Crippen LogP contribution in [-0.2, 0) is 18.0 Å². The fourth-order valence-corrected chi connectivity index (χ4v) is 5.24. The molecule has 0 aliphatic carbocycles. The van der Waals surface area contributed by atoms with Crippen molar-refractivity contribution in [3.63, 3.8) is 0 Å². The SMILES string of the molecule is CC(OCn1c(=O)c(-c2cccc3c(=O)n(CC(F)(F)F)sc23)nc2c(O)cccc21)[Si](C)(C)C. The number of phenolic OH excluding ortho intramolecular Hbond substituents is 1. The molecule has 0 aliphatic heterocycles. The Morgan fingerprint density at radius 3 is 2.46 bits per heavy atom. The molecule has 0 saturated heterocycles. The zero-order chi connectivity index (χ0) is 25.7. The second-order valence-corrected chi connectivity index (χ2v) is 15.9. The molecule has 4 aromatic rings. The minimum Gasteiger partial charge on any atom is -0.506 e. The third kappa shape index (κ3) is 4.91. The third-order valence-electron chi connectivity index (χ3n) is 5.88. The van der Waals surface area contributed by atoms with Crippen molar-refractivity contribution in [1.82, 2.24) is 13.5 Å². The molecule has 2 aromatic heterocycles. The normalized spacial score (nSPS) is 13.6. The summed E-state index contributed by atoms with van der Waals surface area (Å²) in [5.74, 6) is -0.161. The highest BCUT2D eigenvalue weighted by atomic mass is 32.1. The average molecular weight is 524 g/mol. The molecule has 35 heavy (non-hydrogen) atoms. The van der Waals surface area contributed by atoms with Crippen LogP contribution in [0.1, 0.15) is 6.92 Å². The summed E-state index contributed by atoms with van der Waals surface area (Å²) in [7, 11) is -1.68. The van der Waals surface area contributed by atoms with Gasteiger partial charge in [0.15, 0.2) is 0 Å². The first-order valence-corrected chi connectivity index (χ1v) is 15.2. The molecule has 0 saturated carbocycles. The largest absolute Gasteiger partial charge is 0.506 e. The minimum atomic E-state index is -4.57. The molecule has 0 fully saturated rings. The Hall–Kier alpha value is -2.96. The summed E-state index contributed by atoms with van der Waals surface area (Å²) in [6.45, 7) is 6.83. The van der Waals surface area contributed by atoms with Crippen molar-refractivity contribution < 1.29 is 23.0 Å². The van der Waals surface area contributed by atoms with E-state index in [1.54, 1.807) is 12.1 Å². The van der Waals surface area contributed by atoms with Crippen LogP contribution in [0.4, 0.5) is 13.2 Å². The molecule has 0 spiro atoms. The van der Waals surface area contributed by atoms with E-state index in [0.29, 0.717) is 21.0 Å². The summed E-state index contributed by atoms with van der Waals surface area (Å²) in [4.78, 5) is 30.6. The van der Waals surface area contributed by atoms with Crippen LogP contribution < -0.4 is 11.1 Å². The van der Waals surface area contributed by atoms with Crippen molar-refractivity contribution in [3.05, 3.63) is 57.1 Å². The number of hydrogen-bond acceptors (Lipinski definition) is 6. The van der Waals surface area contributed by atoms with Gasteiger partial charge in [-0.15, -0.1) is 0 Å². The van der Waals surface area contributed by atoms with Crippen molar-refractivity contribution in [2.24, 2.45) is 0 Å². The standard InChI is InChI=1S/C23H24F3N3O4SSi/c1-13(35(2,3)4)33-12-28-16-9-6-10-17(30)19(16)27-18(22(28)32)14-7-5-8-15-20(14)34-29(21(15)31)11-23(24,25)26/h5-10,13,30H,11-12H2,1-4H3. The summed E-state index contributed by atoms with van der Waals surface area (Å²) in [6.07, 6.45) is -4.57. The number of hydrogen-bond donors (Lipinski definition) is 1. The van der Waals surface area contributed by atoms with Gasteiger partial charge in [0.05, 0.1) is 23.7 Å². The van der Waals surface area contributed by atoms with Gasteiger partial charge in [-0.3, -0.25) is 18.1 Å². The van der Waals surface area contributed by atoms with E-state index >= 15 is 0 Å². The van der Waals surface area contributed by atoms with Gasteiger partial charge in [-0.25, -0.2) is 4.98 Å². The monoisotopic (exact) mass is 523 g/mol. The Morgan fingerprint density at radius 1 is 1.11 bits per heavy atom. The molecule has 12 heteroatoms. The molecule has 0 bridgehead atoms. The highest BCUT2D eigenvalue weighted by Gasteiger charge is 2.30. The predicted octanol–water partition coefficient (Wildman–Crippen LogP) is 4.95. The van der Waals surface area contributed by atoms with Crippen LogP contribution in [0.2, 0.25) is 19.6 Å². The fourth-order valence-electron chi connectivity index (χ4n) is 3.53. The third-order valence-corrected chi connectivity index (χ3v) is 9.62. The lowest BCUT2D eigenvalue weighted by atomic mass is 10.1. The summed E-state index contributed by atoms with van der Waals surface area (Å²) in [6, 6.07) is 9.09. The Balaban J connectivity index is 1.94. The number of nitrogens with zero attached hydrogens (tertiary/aromatic N) is 3. The quantitative estimate of drug-likeness (QED) is 0.362. The van der Waals surface area contributed by atoms with E-state index in [0.717, 1.165) is 0 Å². The van der Waals surface area contributed by atoms with Crippen molar-refractivity contribution >= 4 is 40.7 Å². The first-order valence-electron chi connectivity index (χ1n) is 10.8. The van der Waals surface area contributed by atoms with E-state index in [1.165, 1.54) is 28.8 Å². The Morgan fingerprint density at radius 2 is 1.80 bits per heavy atom.